The Hall–Kier alpha value is -0.900. The number of aryl methyl sites for hydroxylation is 2. The molecule has 1 rings (SSSR count). The van der Waals surface area contributed by atoms with Gasteiger partial charge < -0.3 is 14.8 Å². The number of benzene rings is 1. The summed E-state index contributed by atoms with van der Waals surface area (Å²) in [6.07, 6.45) is -0.244. The van der Waals surface area contributed by atoms with Gasteiger partial charge in [-0.2, -0.15) is 0 Å². The molecule has 0 aliphatic rings. The van der Waals surface area contributed by atoms with Crippen LogP contribution in [0.25, 0.3) is 0 Å². The van der Waals surface area contributed by atoms with E-state index in [0.29, 0.717) is 13.2 Å². The molecule has 1 aromatic carbocycles. The Balaban J connectivity index is 2.97. The molecule has 3 nitrogen and oxygen atoms in total. The van der Waals surface area contributed by atoms with E-state index in [9.17, 15) is 0 Å². The molecule has 0 fully saturated rings. The zero-order chi connectivity index (χ0) is 13.5. The number of ether oxygens (including phenoxy) is 2. The summed E-state index contributed by atoms with van der Waals surface area (Å²) in [5.74, 6) is 0. The average molecular weight is 251 g/mol. The minimum Gasteiger partial charge on any atom is -0.351 e. The largest absolute Gasteiger partial charge is 0.351 e. The maximum Gasteiger partial charge on any atom is 0.176 e. The summed E-state index contributed by atoms with van der Waals surface area (Å²) in [5.41, 5.74) is 3.73. The van der Waals surface area contributed by atoms with Crippen molar-refractivity contribution in [1.29, 1.82) is 0 Å². The smallest absolute Gasteiger partial charge is 0.176 e. The highest BCUT2D eigenvalue weighted by molar-refractivity contribution is 5.31. The number of hydrogen-bond donors (Lipinski definition) is 1. The first-order chi connectivity index (χ1) is 8.62. The van der Waals surface area contributed by atoms with Gasteiger partial charge >= 0.3 is 0 Å². The monoisotopic (exact) mass is 251 g/mol. The number of likely N-dealkylation sites (N-methyl/N-ethyl adjacent to an activating group) is 1. The molecular formula is C15H25NO2. The average Bonchev–Trinajstić information content (AvgIpc) is 2.29. The third kappa shape index (κ3) is 4.09. The molecule has 1 N–H and O–H groups in total. The summed E-state index contributed by atoms with van der Waals surface area (Å²) in [7, 11) is 1.94. The molecule has 1 aromatic rings. The van der Waals surface area contributed by atoms with Crippen molar-refractivity contribution in [1.82, 2.24) is 5.32 Å². The van der Waals surface area contributed by atoms with E-state index >= 15 is 0 Å². The van der Waals surface area contributed by atoms with Crippen LogP contribution in [0.3, 0.4) is 0 Å². The second-order valence-corrected chi connectivity index (χ2v) is 4.47. The van der Waals surface area contributed by atoms with Gasteiger partial charge in [-0.15, -0.1) is 0 Å². The highest BCUT2D eigenvalue weighted by atomic mass is 16.7. The van der Waals surface area contributed by atoms with Gasteiger partial charge in [-0.1, -0.05) is 29.3 Å². The molecule has 3 heteroatoms. The molecule has 1 unspecified atom stereocenters. The molecule has 0 bridgehead atoms. The molecule has 0 aliphatic heterocycles. The highest BCUT2D eigenvalue weighted by Crippen LogP contribution is 2.22. The number of nitrogens with one attached hydrogen (secondary N) is 1. The van der Waals surface area contributed by atoms with Gasteiger partial charge in [0.2, 0.25) is 0 Å². The van der Waals surface area contributed by atoms with Crippen LogP contribution in [0.2, 0.25) is 0 Å². The van der Waals surface area contributed by atoms with E-state index in [-0.39, 0.29) is 12.3 Å². The summed E-state index contributed by atoms with van der Waals surface area (Å²) in [4.78, 5) is 0. The molecule has 102 valence electrons. The van der Waals surface area contributed by atoms with Crippen molar-refractivity contribution in [2.24, 2.45) is 0 Å². The van der Waals surface area contributed by atoms with Crippen molar-refractivity contribution in [3.63, 3.8) is 0 Å². The van der Waals surface area contributed by atoms with Crippen molar-refractivity contribution >= 4 is 0 Å². The lowest BCUT2D eigenvalue weighted by atomic mass is 10.0. The van der Waals surface area contributed by atoms with Crippen LogP contribution in [-0.4, -0.2) is 26.6 Å². The molecule has 0 aromatic heterocycles. The fraction of sp³-hybridized carbons (Fsp3) is 0.600. The van der Waals surface area contributed by atoms with Gasteiger partial charge in [-0.05, 0) is 40.3 Å². The third-order valence-electron chi connectivity index (χ3n) is 2.85. The molecule has 0 heterocycles. The fourth-order valence-electron chi connectivity index (χ4n) is 2.22. The van der Waals surface area contributed by atoms with E-state index in [0.717, 1.165) is 0 Å². The van der Waals surface area contributed by atoms with Crippen molar-refractivity contribution in [3.05, 3.63) is 34.9 Å². The van der Waals surface area contributed by atoms with Gasteiger partial charge in [-0.25, -0.2) is 0 Å². The lowest BCUT2D eigenvalue weighted by molar-refractivity contribution is -0.154. The first-order valence-corrected chi connectivity index (χ1v) is 6.61. The Morgan fingerprint density at radius 1 is 1.00 bits per heavy atom. The molecule has 0 saturated heterocycles. The van der Waals surface area contributed by atoms with E-state index in [1.54, 1.807) is 0 Å². The minimum absolute atomic E-state index is 0.0588. The first-order valence-electron chi connectivity index (χ1n) is 6.61. The second-order valence-electron chi connectivity index (χ2n) is 4.47. The van der Waals surface area contributed by atoms with Crippen LogP contribution < -0.4 is 5.32 Å². The molecular weight excluding hydrogens is 226 g/mol. The van der Waals surface area contributed by atoms with Gasteiger partial charge in [0.1, 0.15) is 0 Å². The summed E-state index contributed by atoms with van der Waals surface area (Å²) in [6, 6.07) is 6.59. The zero-order valence-corrected chi connectivity index (χ0v) is 12.1. The normalized spacial score (nSPS) is 13.0. The second kappa shape index (κ2) is 7.52. The fourth-order valence-corrected chi connectivity index (χ4v) is 2.22. The molecule has 0 aliphatic carbocycles. The van der Waals surface area contributed by atoms with E-state index in [4.69, 9.17) is 9.47 Å². The first kappa shape index (κ1) is 15.2. The maximum atomic E-state index is 5.68. The summed E-state index contributed by atoms with van der Waals surface area (Å²) in [5, 5.41) is 3.29. The summed E-state index contributed by atoms with van der Waals surface area (Å²) in [6.45, 7) is 9.49. The Bertz CT molecular complexity index is 339. The Morgan fingerprint density at radius 3 is 1.89 bits per heavy atom. The van der Waals surface area contributed by atoms with Crippen molar-refractivity contribution in [2.75, 3.05) is 20.3 Å². The van der Waals surface area contributed by atoms with Crippen LogP contribution in [0.15, 0.2) is 18.2 Å². The van der Waals surface area contributed by atoms with Crippen molar-refractivity contribution in [3.8, 4) is 0 Å². The van der Waals surface area contributed by atoms with Crippen LogP contribution in [0.4, 0.5) is 0 Å². The van der Waals surface area contributed by atoms with E-state index < -0.39 is 0 Å². The quantitative estimate of drug-likeness (QED) is 0.756. The van der Waals surface area contributed by atoms with Gasteiger partial charge in [-0.3, -0.25) is 0 Å². The Morgan fingerprint density at radius 2 is 1.50 bits per heavy atom. The van der Waals surface area contributed by atoms with Crippen LogP contribution in [0, 0.1) is 13.8 Å². The highest BCUT2D eigenvalue weighted by Gasteiger charge is 2.22. The standard InChI is InChI=1S/C15H25NO2/c1-6-17-15(18-7-2)14(16-5)13-9-11(3)8-12(4)10-13/h8-10,14-16H,6-7H2,1-5H3. The van der Waals surface area contributed by atoms with E-state index in [1.165, 1.54) is 16.7 Å². The molecule has 0 spiro atoms. The van der Waals surface area contributed by atoms with Gasteiger partial charge in [0.05, 0.1) is 6.04 Å². The van der Waals surface area contributed by atoms with Crippen LogP contribution in [-0.2, 0) is 9.47 Å². The third-order valence-corrected chi connectivity index (χ3v) is 2.85. The van der Waals surface area contributed by atoms with Crippen molar-refractivity contribution in [2.45, 2.75) is 40.0 Å². The molecule has 0 amide bonds. The predicted octanol–water partition coefficient (Wildman–Crippen LogP) is 2.96. The van der Waals surface area contributed by atoms with Crippen LogP contribution in [0.1, 0.15) is 36.6 Å². The molecule has 0 saturated carbocycles. The van der Waals surface area contributed by atoms with Gasteiger partial charge in [0.25, 0.3) is 0 Å². The number of rotatable bonds is 7. The van der Waals surface area contributed by atoms with Crippen LogP contribution >= 0.6 is 0 Å². The lowest BCUT2D eigenvalue weighted by Crippen LogP contribution is -2.34. The molecule has 1 atom stereocenters. The van der Waals surface area contributed by atoms with Gasteiger partial charge in [0.15, 0.2) is 6.29 Å². The van der Waals surface area contributed by atoms with Crippen LogP contribution in [0.5, 0.6) is 0 Å². The SMILES string of the molecule is CCOC(OCC)C(NC)c1cc(C)cc(C)c1. The van der Waals surface area contributed by atoms with Gasteiger partial charge in [0, 0.05) is 13.2 Å². The summed E-state index contributed by atoms with van der Waals surface area (Å²) >= 11 is 0. The van der Waals surface area contributed by atoms with E-state index in [1.807, 2.05) is 20.9 Å². The summed E-state index contributed by atoms with van der Waals surface area (Å²) < 4.78 is 11.4. The topological polar surface area (TPSA) is 30.5 Å². The molecule has 18 heavy (non-hydrogen) atoms. The number of hydrogen-bond acceptors (Lipinski definition) is 3. The predicted molar refractivity (Wildman–Crippen MR) is 74.8 cm³/mol. The molecule has 0 radical (unpaired) electrons. The van der Waals surface area contributed by atoms with Crippen molar-refractivity contribution < 1.29 is 9.47 Å². The Kier molecular flexibility index (Phi) is 6.33. The zero-order valence-electron chi connectivity index (χ0n) is 12.1. The van der Waals surface area contributed by atoms with E-state index in [2.05, 4.69) is 37.4 Å². The maximum absolute atomic E-state index is 5.68. The Labute approximate surface area is 110 Å². The minimum atomic E-state index is -0.244. The lowest BCUT2D eigenvalue weighted by Gasteiger charge is -2.27.